The van der Waals surface area contributed by atoms with Crippen LogP contribution in [0.4, 0.5) is 0 Å². The molecule has 0 aliphatic carbocycles. The van der Waals surface area contributed by atoms with Crippen molar-refractivity contribution >= 4 is 21.8 Å². The fraction of sp³-hybridized carbons (Fsp3) is 0.500. The van der Waals surface area contributed by atoms with Crippen LogP contribution in [0, 0.1) is 5.92 Å². The Morgan fingerprint density at radius 2 is 2.06 bits per heavy atom. The topological polar surface area (TPSA) is 32.3 Å². The van der Waals surface area contributed by atoms with Gasteiger partial charge in [0, 0.05) is 18.1 Å². The van der Waals surface area contributed by atoms with Crippen LogP contribution in [0.1, 0.15) is 23.2 Å². The normalized spacial score (nSPS) is 16.6. The van der Waals surface area contributed by atoms with Gasteiger partial charge in [0.05, 0.1) is 5.56 Å². The van der Waals surface area contributed by atoms with Crippen LogP contribution in [0.3, 0.4) is 0 Å². The summed E-state index contributed by atoms with van der Waals surface area (Å²) in [5.74, 6) is 0.726. The lowest BCUT2D eigenvalue weighted by Crippen LogP contribution is -2.37. The summed E-state index contributed by atoms with van der Waals surface area (Å²) in [6, 6.07) is 7.60. The van der Waals surface area contributed by atoms with Crippen LogP contribution in [0.25, 0.3) is 0 Å². The molecule has 1 N–H and O–H groups in total. The van der Waals surface area contributed by atoms with Gasteiger partial charge in [0.2, 0.25) is 0 Å². The molecule has 0 bridgehead atoms. The van der Waals surface area contributed by atoms with Crippen LogP contribution in [0.2, 0.25) is 0 Å². The van der Waals surface area contributed by atoms with Crippen molar-refractivity contribution in [1.82, 2.24) is 10.2 Å². The fourth-order valence-corrected chi connectivity index (χ4v) is 2.83. The van der Waals surface area contributed by atoms with E-state index in [9.17, 15) is 4.79 Å². The minimum absolute atomic E-state index is 0.0982. The minimum atomic E-state index is 0.0982. The third-order valence-corrected chi connectivity index (χ3v) is 4.13. The van der Waals surface area contributed by atoms with Crippen LogP contribution in [0.5, 0.6) is 0 Å². The number of hydrogen-bond acceptors (Lipinski definition) is 2. The number of halogens is 1. The van der Waals surface area contributed by atoms with Gasteiger partial charge in [-0.1, -0.05) is 12.1 Å². The first kappa shape index (κ1) is 13.6. The van der Waals surface area contributed by atoms with Gasteiger partial charge in [-0.25, -0.2) is 0 Å². The maximum Gasteiger partial charge on any atom is 0.254 e. The lowest BCUT2D eigenvalue weighted by atomic mass is 9.97. The van der Waals surface area contributed by atoms with Gasteiger partial charge in [-0.3, -0.25) is 4.79 Å². The molecular formula is C14H19BrN2O. The molecule has 1 aromatic rings. The number of carbonyl (C=O) groups excluding carboxylic acids is 1. The summed E-state index contributed by atoms with van der Waals surface area (Å²) in [6.45, 7) is 2.99. The number of rotatable bonds is 3. The Labute approximate surface area is 117 Å². The third kappa shape index (κ3) is 3.33. The predicted molar refractivity (Wildman–Crippen MR) is 76.7 cm³/mol. The Bertz CT molecular complexity index is 416. The van der Waals surface area contributed by atoms with E-state index >= 15 is 0 Å². The van der Waals surface area contributed by atoms with Gasteiger partial charge < -0.3 is 10.2 Å². The van der Waals surface area contributed by atoms with Crippen LogP contribution in [-0.4, -0.2) is 37.5 Å². The van der Waals surface area contributed by atoms with Crippen molar-refractivity contribution in [3.05, 3.63) is 34.3 Å². The van der Waals surface area contributed by atoms with E-state index < -0.39 is 0 Å². The molecule has 0 aromatic heterocycles. The molecule has 18 heavy (non-hydrogen) atoms. The summed E-state index contributed by atoms with van der Waals surface area (Å²) >= 11 is 3.43. The first-order valence-electron chi connectivity index (χ1n) is 6.39. The van der Waals surface area contributed by atoms with Gasteiger partial charge >= 0.3 is 0 Å². The lowest BCUT2D eigenvalue weighted by molar-refractivity contribution is 0.0762. The quantitative estimate of drug-likeness (QED) is 0.930. The first-order chi connectivity index (χ1) is 8.68. The Kier molecular flexibility index (Phi) is 4.78. The highest BCUT2D eigenvalue weighted by Crippen LogP contribution is 2.19. The molecule has 0 radical (unpaired) electrons. The summed E-state index contributed by atoms with van der Waals surface area (Å²) in [7, 11) is 1.89. The van der Waals surface area contributed by atoms with E-state index in [4.69, 9.17) is 0 Å². The number of nitrogens with one attached hydrogen (secondary N) is 1. The van der Waals surface area contributed by atoms with E-state index in [0.717, 1.165) is 42.5 Å². The van der Waals surface area contributed by atoms with Crippen LogP contribution >= 0.6 is 15.9 Å². The molecule has 1 aromatic carbocycles. The van der Waals surface area contributed by atoms with Crippen LogP contribution < -0.4 is 5.32 Å². The summed E-state index contributed by atoms with van der Waals surface area (Å²) in [4.78, 5) is 14.2. The molecule has 4 heteroatoms. The molecule has 1 fully saturated rings. The molecule has 2 rings (SSSR count). The predicted octanol–water partition coefficient (Wildman–Crippen LogP) is 2.52. The molecule has 3 nitrogen and oxygen atoms in total. The summed E-state index contributed by atoms with van der Waals surface area (Å²) < 4.78 is 0.868. The molecule has 98 valence electrons. The maximum atomic E-state index is 12.3. The number of hydrogen-bond donors (Lipinski definition) is 1. The maximum absolute atomic E-state index is 12.3. The van der Waals surface area contributed by atoms with Crippen molar-refractivity contribution in [3.8, 4) is 0 Å². The zero-order valence-corrected chi connectivity index (χ0v) is 12.2. The summed E-state index contributed by atoms with van der Waals surface area (Å²) in [6.07, 6.45) is 2.32. The van der Waals surface area contributed by atoms with Gasteiger partial charge in [0.25, 0.3) is 5.91 Å². The fourth-order valence-electron chi connectivity index (χ4n) is 2.37. The number of nitrogens with zero attached hydrogens (tertiary/aromatic N) is 1. The molecule has 0 spiro atoms. The highest BCUT2D eigenvalue weighted by molar-refractivity contribution is 9.10. The van der Waals surface area contributed by atoms with Crippen molar-refractivity contribution in [3.63, 3.8) is 0 Å². The molecule has 1 aliphatic rings. The number of benzene rings is 1. The number of piperidine rings is 1. The SMILES string of the molecule is CN(CC1CCNCC1)C(=O)c1ccccc1Br. The van der Waals surface area contributed by atoms with Gasteiger partial charge in [0.15, 0.2) is 0 Å². The summed E-state index contributed by atoms with van der Waals surface area (Å²) in [5, 5.41) is 3.35. The Hall–Kier alpha value is -0.870. The van der Waals surface area contributed by atoms with E-state index in [1.54, 1.807) is 0 Å². The highest BCUT2D eigenvalue weighted by Gasteiger charge is 2.19. The zero-order chi connectivity index (χ0) is 13.0. The van der Waals surface area contributed by atoms with Crippen molar-refractivity contribution in [2.45, 2.75) is 12.8 Å². The van der Waals surface area contributed by atoms with Crippen LogP contribution in [-0.2, 0) is 0 Å². The smallest absolute Gasteiger partial charge is 0.254 e. The Morgan fingerprint density at radius 3 is 2.72 bits per heavy atom. The minimum Gasteiger partial charge on any atom is -0.341 e. The molecule has 0 atom stereocenters. The molecule has 0 saturated carbocycles. The Morgan fingerprint density at radius 1 is 1.39 bits per heavy atom. The molecule has 1 amide bonds. The second-order valence-electron chi connectivity index (χ2n) is 4.86. The van der Waals surface area contributed by atoms with Crippen molar-refractivity contribution in [2.75, 3.05) is 26.7 Å². The highest BCUT2D eigenvalue weighted by atomic mass is 79.9. The Balaban J connectivity index is 1.98. The van der Waals surface area contributed by atoms with E-state index in [1.165, 1.54) is 0 Å². The van der Waals surface area contributed by atoms with Crippen molar-refractivity contribution in [1.29, 1.82) is 0 Å². The zero-order valence-electron chi connectivity index (χ0n) is 10.7. The number of amides is 1. The largest absolute Gasteiger partial charge is 0.341 e. The van der Waals surface area contributed by atoms with Crippen LogP contribution in [0.15, 0.2) is 28.7 Å². The molecule has 1 saturated heterocycles. The van der Waals surface area contributed by atoms with E-state index in [2.05, 4.69) is 21.2 Å². The standard InChI is InChI=1S/C14H19BrN2O/c1-17(10-11-6-8-16-9-7-11)14(18)12-4-2-3-5-13(12)15/h2-5,11,16H,6-10H2,1H3. The molecule has 1 aliphatic heterocycles. The van der Waals surface area contributed by atoms with Gasteiger partial charge in [0.1, 0.15) is 0 Å². The lowest BCUT2D eigenvalue weighted by Gasteiger charge is -2.27. The summed E-state index contributed by atoms with van der Waals surface area (Å²) in [5.41, 5.74) is 0.744. The molecule has 0 unspecified atom stereocenters. The van der Waals surface area contributed by atoms with E-state index in [0.29, 0.717) is 5.92 Å². The molecule has 1 heterocycles. The van der Waals surface area contributed by atoms with Gasteiger partial charge in [-0.05, 0) is 59.9 Å². The van der Waals surface area contributed by atoms with E-state index in [1.807, 2.05) is 36.2 Å². The van der Waals surface area contributed by atoms with Crippen molar-refractivity contribution in [2.24, 2.45) is 5.92 Å². The second-order valence-corrected chi connectivity index (χ2v) is 5.71. The van der Waals surface area contributed by atoms with Crippen molar-refractivity contribution < 1.29 is 4.79 Å². The molecular weight excluding hydrogens is 292 g/mol. The van der Waals surface area contributed by atoms with Gasteiger partial charge in [-0.15, -0.1) is 0 Å². The average Bonchev–Trinajstić information content (AvgIpc) is 2.39. The third-order valence-electron chi connectivity index (χ3n) is 3.44. The average molecular weight is 311 g/mol. The van der Waals surface area contributed by atoms with E-state index in [-0.39, 0.29) is 5.91 Å². The monoisotopic (exact) mass is 310 g/mol. The number of carbonyl (C=O) groups is 1. The van der Waals surface area contributed by atoms with Gasteiger partial charge in [-0.2, -0.15) is 0 Å². The second kappa shape index (κ2) is 6.34. The first-order valence-corrected chi connectivity index (χ1v) is 7.18.